The second-order valence-electron chi connectivity index (χ2n) is 5.14. The Morgan fingerprint density at radius 1 is 1.21 bits per heavy atom. The second-order valence-corrected chi connectivity index (χ2v) is 5.14. The number of ether oxygens (including phenoxy) is 2. The molecule has 1 rings (SSSR count). The van der Waals surface area contributed by atoms with E-state index >= 15 is 0 Å². The molecule has 0 saturated carbocycles. The molecule has 2 unspecified atom stereocenters. The van der Waals surface area contributed by atoms with Crippen LogP contribution in [0.2, 0.25) is 0 Å². The summed E-state index contributed by atoms with van der Waals surface area (Å²) in [4.78, 5) is 0. The van der Waals surface area contributed by atoms with Gasteiger partial charge in [0, 0.05) is 12.1 Å². The molecular formula is C16H27NO2. The van der Waals surface area contributed by atoms with E-state index < -0.39 is 0 Å². The number of hydrogen-bond acceptors (Lipinski definition) is 3. The molecule has 0 aliphatic heterocycles. The molecule has 0 radical (unpaired) electrons. The van der Waals surface area contributed by atoms with Crippen LogP contribution in [-0.2, 0) is 6.42 Å². The van der Waals surface area contributed by atoms with Crippen molar-refractivity contribution in [1.29, 1.82) is 0 Å². The molecule has 0 heterocycles. The third-order valence-electron chi connectivity index (χ3n) is 2.96. The molecule has 3 heteroatoms. The monoisotopic (exact) mass is 265 g/mol. The Labute approximate surface area is 117 Å². The van der Waals surface area contributed by atoms with Crippen LogP contribution in [0.5, 0.6) is 11.5 Å². The van der Waals surface area contributed by atoms with Gasteiger partial charge in [0.05, 0.1) is 12.7 Å². The van der Waals surface area contributed by atoms with E-state index in [0.717, 1.165) is 42.9 Å². The zero-order valence-electron chi connectivity index (χ0n) is 12.6. The van der Waals surface area contributed by atoms with E-state index in [9.17, 15) is 0 Å². The molecule has 0 fully saturated rings. The van der Waals surface area contributed by atoms with Crippen molar-refractivity contribution in [3.8, 4) is 11.5 Å². The maximum absolute atomic E-state index is 5.98. The van der Waals surface area contributed by atoms with Crippen molar-refractivity contribution in [3.05, 3.63) is 23.8 Å². The lowest BCUT2D eigenvalue weighted by atomic mass is 10.1. The molecule has 2 N–H and O–H groups in total. The van der Waals surface area contributed by atoms with Crippen LogP contribution in [0.1, 0.15) is 46.1 Å². The van der Waals surface area contributed by atoms with Crippen molar-refractivity contribution in [2.75, 3.05) is 6.61 Å². The molecule has 0 aromatic heterocycles. The lowest BCUT2D eigenvalue weighted by Crippen LogP contribution is -2.19. The van der Waals surface area contributed by atoms with Gasteiger partial charge in [0.1, 0.15) is 11.5 Å². The van der Waals surface area contributed by atoms with Crippen LogP contribution in [0.25, 0.3) is 0 Å². The molecular weight excluding hydrogens is 238 g/mol. The number of rotatable bonds is 8. The summed E-state index contributed by atoms with van der Waals surface area (Å²) in [6.07, 6.45) is 3.01. The van der Waals surface area contributed by atoms with Gasteiger partial charge >= 0.3 is 0 Å². The lowest BCUT2D eigenvalue weighted by molar-refractivity contribution is 0.213. The summed E-state index contributed by atoms with van der Waals surface area (Å²) in [6.45, 7) is 9.04. The Morgan fingerprint density at radius 2 is 1.95 bits per heavy atom. The maximum atomic E-state index is 5.98. The van der Waals surface area contributed by atoms with Crippen LogP contribution < -0.4 is 15.2 Å². The van der Waals surface area contributed by atoms with E-state index in [1.165, 1.54) is 0 Å². The minimum absolute atomic E-state index is 0.127. The minimum Gasteiger partial charge on any atom is -0.493 e. The van der Waals surface area contributed by atoms with Gasteiger partial charge in [-0.05, 0) is 44.7 Å². The van der Waals surface area contributed by atoms with Crippen molar-refractivity contribution < 1.29 is 9.47 Å². The molecule has 0 bridgehead atoms. The van der Waals surface area contributed by atoms with Crippen molar-refractivity contribution >= 4 is 0 Å². The summed E-state index contributed by atoms with van der Waals surface area (Å²) in [5.41, 5.74) is 7.04. The topological polar surface area (TPSA) is 44.5 Å². The van der Waals surface area contributed by atoms with E-state index in [4.69, 9.17) is 15.2 Å². The van der Waals surface area contributed by atoms with Crippen LogP contribution in [0.4, 0.5) is 0 Å². The Kier molecular flexibility index (Phi) is 6.71. The fourth-order valence-electron chi connectivity index (χ4n) is 1.77. The van der Waals surface area contributed by atoms with E-state index in [1.807, 2.05) is 19.1 Å². The third-order valence-corrected chi connectivity index (χ3v) is 2.96. The summed E-state index contributed by atoms with van der Waals surface area (Å²) in [6, 6.07) is 6.17. The van der Waals surface area contributed by atoms with Gasteiger partial charge in [-0.3, -0.25) is 0 Å². The van der Waals surface area contributed by atoms with Gasteiger partial charge in [-0.25, -0.2) is 0 Å². The summed E-state index contributed by atoms with van der Waals surface area (Å²) in [5.74, 6) is 1.77. The highest BCUT2D eigenvalue weighted by Crippen LogP contribution is 2.27. The first kappa shape index (κ1) is 15.8. The quantitative estimate of drug-likeness (QED) is 0.782. The smallest absolute Gasteiger partial charge is 0.126 e. The first-order valence-electron chi connectivity index (χ1n) is 7.24. The highest BCUT2D eigenvalue weighted by molar-refractivity contribution is 5.41. The number of benzene rings is 1. The Balaban J connectivity index is 2.89. The molecule has 1 aromatic rings. The van der Waals surface area contributed by atoms with Gasteiger partial charge in [0.2, 0.25) is 0 Å². The average molecular weight is 265 g/mol. The Hall–Kier alpha value is -1.22. The maximum Gasteiger partial charge on any atom is 0.126 e. The van der Waals surface area contributed by atoms with Crippen LogP contribution in [-0.4, -0.2) is 18.8 Å². The minimum atomic E-state index is 0.127. The third kappa shape index (κ3) is 5.52. The predicted octanol–water partition coefficient (Wildman–Crippen LogP) is 3.54. The average Bonchev–Trinajstić information content (AvgIpc) is 2.38. The molecule has 0 spiro atoms. The second kappa shape index (κ2) is 8.05. The van der Waals surface area contributed by atoms with Gasteiger partial charge in [0.15, 0.2) is 0 Å². The van der Waals surface area contributed by atoms with Crippen LogP contribution >= 0.6 is 0 Å². The summed E-state index contributed by atoms with van der Waals surface area (Å²) in [7, 11) is 0. The largest absolute Gasteiger partial charge is 0.493 e. The molecule has 2 atom stereocenters. The standard InChI is InChI=1S/C16H27NO2/c1-5-9-18-15-8-7-14(10-12(3)17)16(11-15)19-13(4)6-2/h7-8,11-13H,5-6,9-10,17H2,1-4H3. The highest BCUT2D eigenvalue weighted by Gasteiger charge is 2.10. The van der Waals surface area contributed by atoms with Crippen LogP contribution in [0.15, 0.2) is 18.2 Å². The molecule has 0 amide bonds. The van der Waals surface area contributed by atoms with Crippen molar-refractivity contribution in [2.24, 2.45) is 5.73 Å². The predicted molar refractivity (Wildman–Crippen MR) is 80.0 cm³/mol. The van der Waals surface area contributed by atoms with E-state index in [-0.39, 0.29) is 12.1 Å². The first-order valence-corrected chi connectivity index (χ1v) is 7.24. The molecule has 0 aliphatic rings. The first-order chi connectivity index (χ1) is 9.06. The number of nitrogens with two attached hydrogens (primary N) is 1. The summed E-state index contributed by atoms with van der Waals surface area (Å²) >= 11 is 0. The van der Waals surface area contributed by atoms with Crippen molar-refractivity contribution in [3.63, 3.8) is 0 Å². The van der Waals surface area contributed by atoms with Gasteiger partial charge in [-0.1, -0.05) is 19.9 Å². The normalized spacial score (nSPS) is 13.9. The molecule has 108 valence electrons. The number of hydrogen-bond donors (Lipinski definition) is 1. The molecule has 3 nitrogen and oxygen atoms in total. The van der Waals surface area contributed by atoms with E-state index in [2.05, 4.69) is 26.8 Å². The van der Waals surface area contributed by atoms with Crippen LogP contribution in [0, 0.1) is 0 Å². The SMILES string of the molecule is CCCOc1ccc(CC(C)N)c(OC(C)CC)c1. The molecule has 1 aromatic carbocycles. The van der Waals surface area contributed by atoms with E-state index in [1.54, 1.807) is 0 Å². The van der Waals surface area contributed by atoms with E-state index in [0.29, 0.717) is 0 Å². The Morgan fingerprint density at radius 3 is 2.53 bits per heavy atom. The van der Waals surface area contributed by atoms with Crippen molar-refractivity contribution in [2.45, 2.75) is 59.1 Å². The van der Waals surface area contributed by atoms with Crippen molar-refractivity contribution in [1.82, 2.24) is 0 Å². The van der Waals surface area contributed by atoms with Gasteiger partial charge in [-0.15, -0.1) is 0 Å². The fourth-order valence-corrected chi connectivity index (χ4v) is 1.77. The summed E-state index contributed by atoms with van der Waals surface area (Å²) < 4.78 is 11.6. The van der Waals surface area contributed by atoms with Gasteiger partial charge in [0.25, 0.3) is 0 Å². The zero-order chi connectivity index (χ0) is 14.3. The zero-order valence-corrected chi connectivity index (χ0v) is 12.6. The lowest BCUT2D eigenvalue weighted by Gasteiger charge is -2.18. The molecule has 19 heavy (non-hydrogen) atoms. The summed E-state index contributed by atoms with van der Waals surface area (Å²) in [5, 5.41) is 0. The van der Waals surface area contributed by atoms with Gasteiger partial charge in [-0.2, -0.15) is 0 Å². The molecule has 0 aliphatic carbocycles. The van der Waals surface area contributed by atoms with Gasteiger partial charge < -0.3 is 15.2 Å². The van der Waals surface area contributed by atoms with Crippen LogP contribution in [0.3, 0.4) is 0 Å². The Bertz CT molecular complexity index is 377. The fraction of sp³-hybridized carbons (Fsp3) is 0.625. The molecule has 0 saturated heterocycles. The highest BCUT2D eigenvalue weighted by atomic mass is 16.5.